The third kappa shape index (κ3) is 4.63. The van der Waals surface area contributed by atoms with Crippen molar-refractivity contribution in [1.29, 1.82) is 5.26 Å². The summed E-state index contributed by atoms with van der Waals surface area (Å²) in [5.41, 5.74) is -1.30. The highest BCUT2D eigenvalue weighted by Gasteiger charge is 2.67. The topological polar surface area (TPSA) is 82.0 Å². The van der Waals surface area contributed by atoms with Crippen molar-refractivity contribution in [3.8, 4) is 6.07 Å². The van der Waals surface area contributed by atoms with Crippen LogP contribution >= 0.6 is 34.8 Å². The molecule has 0 heterocycles. The fourth-order valence-corrected chi connectivity index (χ4v) is 4.68. The molecule has 2 aromatic carbocycles. The summed E-state index contributed by atoms with van der Waals surface area (Å²) in [5.74, 6) is -3.03. The largest absolute Gasteiger partial charge is 0.416 e. The van der Waals surface area contributed by atoms with E-state index in [0.717, 1.165) is 12.1 Å². The Kier molecular flexibility index (Phi) is 5.80. The van der Waals surface area contributed by atoms with Gasteiger partial charge in [0.2, 0.25) is 5.91 Å². The van der Waals surface area contributed by atoms with E-state index in [1.54, 1.807) is 0 Å². The molecule has 2 N–H and O–H groups in total. The lowest BCUT2D eigenvalue weighted by molar-refractivity contribution is -0.137. The van der Waals surface area contributed by atoms with Crippen molar-refractivity contribution < 1.29 is 22.8 Å². The number of carbonyl (C=O) groups is 2. The molecule has 2 atom stereocenters. The zero-order chi connectivity index (χ0) is 24.2. The van der Waals surface area contributed by atoms with E-state index < -0.39 is 45.3 Å². The normalized spacial score (nSPS) is 22.1. The van der Waals surface area contributed by atoms with Gasteiger partial charge in [-0.15, -0.1) is 23.2 Å². The number of nitriles is 1. The first-order valence-corrected chi connectivity index (χ1v) is 10.9. The van der Waals surface area contributed by atoms with Crippen LogP contribution in [0, 0.1) is 17.2 Å². The number of hydrogen-bond acceptors (Lipinski definition) is 3. The molecule has 0 bridgehead atoms. The van der Waals surface area contributed by atoms with E-state index in [4.69, 9.17) is 40.1 Å². The van der Waals surface area contributed by atoms with Crippen molar-refractivity contribution >= 4 is 52.3 Å². The van der Waals surface area contributed by atoms with Gasteiger partial charge in [0.05, 0.1) is 28.1 Å². The first-order valence-electron chi connectivity index (χ1n) is 9.77. The molecule has 33 heavy (non-hydrogen) atoms. The highest BCUT2D eigenvalue weighted by Crippen LogP contribution is 2.65. The van der Waals surface area contributed by atoms with Crippen LogP contribution in [0.2, 0.25) is 5.02 Å². The zero-order valence-electron chi connectivity index (χ0n) is 16.6. The number of nitrogens with one attached hydrogen (secondary N) is 2. The minimum atomic E-state index is -4.55. The standard InChI is InChI=1S/C22H15Cl3F3N3O2/c23-15-5-4-13(9-14(15)18(32)31-20(10-29)6-7-20)30-19(33)17-16(21(17,24)25)11-2-1-3-12(8-11)22(26,27)28/h1-5,8-9,16-17H,6-7H2,(H,30,33)(H,31,32). The number of halogens is 6. The van der Waals surface area contributed by atoms with E-state index in [1.165, 1.54) is 30.3 Å². The van der Waals surface area contributed by atoms with Crippen molar-refractivity contribution in [1.82, 2.24) is 5.32 Å². The van der Waals surface area contributed by atoms with Gasteiger partial charge in [0.15, 0.2) is 0 Å². The Labute approximate surface area is 201 Å². The highest BCUT2D eigenvalue weighted by molar-refractivity contribution is 6.53. The number of rotatable bonds is 5. The van der Waals surface area contributed by atoms with Gasteiger partial charge >= 0.3 is 6.18 Å². The Hall–Kier alpha value is -2.47. The number of amides is 2. The quantitative estimate of drug-likeness (QED) is 0.502. The molecule has 0 aliphatic heterocycles. The molecule has 0 saturated heterocycles. The van der Waals surface area contributed by atoms with Gasteiger partial charge in [0.25, 0.3) is 5.91 Å². The molecule has 2 aromatic rings. The Morgan fingerprint density at radius 3 is 2.42 bits per heavy atom. The van der Waals surface area contributed by atoms with Crippen LogP contribution in [-0.4, -0.2) is 21.7 Å². The molecule has 5 nitrogen and oxygen atoms in total. The Bertz CT molecular complexity index is 1190. The molecule has 2 unspecified atom stereocenters. The molecule has 0 aromatic heterocycles. The monoisotopic (exact) mass is 515 g/mol. The molecule has 2 aliphatic rings. The van der Waals surface area contributed by atoms with E-state index in [-0.39, 0.29) is 21.8 Å². The third-order valence-electron chi connectivity index (χ3n) is 5.70. The molecule has 172 valence electrons. The molecule has 2 amide bonds. The average Bonchev–Trinajstić information content (AvgIpc) is 3.63. The van der Waals surface area contributed by atoms with Gasteiger partial charge in [-0.3, -0.25) is 9.59 Å². The predicted molar refractivity (Wildman–Crippen MR) is 117 cm³/mol. The Balaban J connectivity index is 1.51. The minimum absolute atomic E-state index is 0.0595. The molecule has 11 heteroatoms. The lowest BCUT2D eigenvalue weighted by Crippen LogP contribution is -2.35. The number of anilines is 1. The van der Waals surface area contributed by atoms with E-state index in [2.05, 4.69) is 10.6 Å². The maximum absolute atomic E-state index is 13.0. The molecule has 2 aliphatic carbocycles. The molecule has 0 spiro atoms. The summed E-state index contributed by atoms with van der Waals surface area (Å²) >= 11 is 18.6. The van der Waals surface area contributed by atoms with Crippen molar-refractivity contribution in [2.45, 2.75) is 34.8 Å². The van der Waals surface area contributed by atoms with Gasteiger partial charge in [0, 0.05) is 11.6 Å². The first-order chi connectivity index (χ1) is 15.4. The molecule has 2 fully saturated rings. The summed E-state index contributed by atoms with van der Waals surface area (Å²) in [6.07, 6.45) is -3.47. The Morgan fingerprint density at radius 2 is 1.82 bits per heavy atom. The number of benzene rings is 2. The second kappa shape index (κ2) is 8.08. The van der Waals surface area contributed by atoms with Crippen LogP contribution < -0.4 is 10.6 Å². The summed E-state index contributed by atoms with van der Waals surface area (Å²) in [6.45, 7) is 0. The van der Waals surface area contributed by atoms with Gasteiger partial charge in [-0.1, -0.05) is 29.8 Å². The second-order valence-corrected chi connectivity index (χ2v) is 9.94. The van der Waals surface area contributed by atoms with E-state index in [0.29, 0.717) is 12.8 Å². The van der Waals surface area contributed by atoms with Crippen molar-refractivity contribution in [3.63, 3.8) is 0 Å². The van der Waals surface area contributed by atoms with Gasteiger partial charge in [-0.05, 0) is 42.7 Å². The molecule has 4 rings (SSSR count). The summed E-state index contributed by atoms with van der Waals surface area (Å²) < 4.78 is 37.5. The van der Waals surface area contributed by atoms with Gasteiger partial charge in [0.1, 0.15) is 9.87 Å². The smallest absolute Gasteiger partial charge is 0.334 e. The van der Waals surface area contributed by atoms with Crippen LogP contribution in [0.5, 0.6) is 0 Å². The zero-order valence-corrected chi connectivity index (χ0v) is 18.9. The minimum Gasteiger partial charge on any atom is -0.334 e. The first kappa shape index (κ1) is 23.7. The van der Waals surface area contributed by atoms with E-state index in [9.17, 15) is 22.8 Å². The van der Waals surface area contributed by atoms with Gasteiger partial charge in [-0.25, -0.2) is 0 Å². The Morgan fingerprint density at radius 1 is 1.12 bits per heavy atom. The van der Waals surface area contributed by atoms with Crippen LogP contribution in [0.25, 0.3) is 0 Å². The number of alkyl halides is 5. The lowest BCUT2D eigenvalue weighted by Gasteiger charge is -2.12. The van der Waals surface area contributed by atoms with Crippen molar-refractivity contribution in [2.75, 3.05) is 5.32 Å². The van der Waals surface area contributed by atoms with Crippen LogP contribution in [0.1, 0.15) is 40.2 Å². The van der Waals surface area contributed by atoms with Crippen LogP contribution in [0.4, 0.5) is 18.9 Å². The predicted octanol–water partition coefficient (Wildman–Crippen LogP) is 5.67. The van der Waals surface area contributed by atoms with E-state index >= 15 is 0 Å². The molecule has 0 radical (unpaired) electrons. The highest BCUT2D eigenvalue weighted by atomic mass is 35.5. The fraction of sp³-hybridized carbons (Fsp3) is 0.318. The van der Waals surface area contributed by atoms with Crippen molar-refractivity contribution in [2.24, 2.45) is 5.92 Å². The van der Waals surface area contributed by atoms with Crippen LogP contribution in [-0.2, 0) is 11.0 Å². The fourth-order valence-electron chi connectivity index (χ4n) is 3.65. The third-order valence-corrected chi connectivity index (χ3v) is 6.97. The van der Waals surface area contributed by atoms with Gasteiger partial charge in [-0.2, -0.15) is 18.4 Å². The SMILES string of the molecule is N#CC1(NC(=O)c2cc(NC(=O)C3C(c4cccc(C(F)(F)F)c4)C3(Cl)Cl)ccc2Cl)CC1. The number of nitrogens with zero attached hydrogens (tertiary/aromatic N) is 1. The van der Waals surface area contributed by atoms with Crippen LogP contribution in [0.3, 0.4) is 0 Å². The van der Waals surface area contributed by atoms with Gasteiger partial charge < -0.3 is 10.6 Å². The maximum atomic E-state index is 13.0. The summed E-state index contributed by atoms with van der Waals surface area (Å²) in [7, 11) is 0. The molecular formula is C22H15Cl3F3N3O2. The lowest BCUT2D eigenvalue weighted by atomic mass is 10.1. The van der Waals surface area contributed by atoms with Crippen LogP contribution in [0.15, 0.2) is 42.5 Å². The summed E-state index contributed by atoms with van der Waals surface area (Å²) in [4.78, 5) is 25.4. The molecule has 2 saturated carbocycles. The maximum Gasteiger partial charge on any atom is 0.416 e. The molecular weight excluding hydrogens is 502 g/mol. The second-order valence-electron chi connectivity index (χ2n) is 8.09. The summed E-state index contributed by atoms with van der Waals surface area (Å²) in [6, 6.07) is 10.7. The number of hydrogen-bond donors (Lipinski definition) is 2. The van der Waals surface area contributed by atoms with E-state index in [1.807, 2.05) is 6.07 Å². The average molecular weight is 517 g/mol. The number of carbonyl (C=O) groups excluding carboxylic acids is 2. The van der Waals surface area contributed by atoms with Crippen molar-refractivity contribution in [3.05, 3.63) is 64.2 Å². The summed E-state index contributed by atoms with van der Waals surface area (Å²) in [5, 5.41) is 14.5.